The predicted molar refractivity (Wildman–Crippen MR) is 62.6 cm³/mol. The summed E-state index contributed by atoms with van der Waals surface area (Å²) in [5, 5.41) is 1.05. The molecule has 0 unspecified atom stereocenters. The van der Waals surface area contributed by atoms with Gasteiger partial charge in [0.05, 0.1) is 0 Å². The summed E-state index contributed by atoms with van der Waals surface area (Å²) in [5.74, 6) is 1.30. The molecule has 1 aliphatic rings. The minimum Gasteiger partial charge on any atom is -0.221 e. The van der Waals surface area contributed by atoms with Crippen LogP contribution in [0.15, 0.2) is 0 Å². The molecule has 0 N–H and O–H groups in total. The van der Waals surface area contributed by atoms with E-state index in [9.17, 15) is 0 Å². The van der Waals surface area contributed by atoms with E-state index in [0.29, 0.717) is 16.2 Å². The van der Waals surface area contributed by atoms with Gasteiger partial charge in [0, 0.05) is 11.5 Å². The van der Waals surface area contributed by atoms with Crippen molar-refractivity contribution in [3.63, 3.8) is 0 Å². The van der Waals surface area contributed by atoms with Gasteiger partial charge >= 0.3 is 0 Å². The van der Waals surface area contributed by atoms with E-state index in [-0.39, 0.29) is 0 Å². The zero-order valence-electron chi connectivity index (χ0n) is 8.76. The van der Waals surface area contributed by atoms with Crippen molar-refractivity contribution in [2.45, 2.75) is 44.9 Å². The Labute approximate surface area is 100 Å². The Bertz CT molecular complexity index is 337. The lowest BCUT2D eigenvalue weighted by atomic mass is 10.1. The van der Waals surface area contributed by atoms with Crippen LogP contribution in [0.5, 0.6) is 0 Å². The van der Waals surface area contributed by atoms with Crippen LogP contribution >= 0.6 is 23.2 Å². The zero-order valence-corrected chi connectivity index (χ0v) is 10.3. The topological polar surface area (TPSA) is 25.8 Å². The van der Waals surface area contributed by atoms with E-state index in [0.717, 1.165) is 30.7 Å². The number of hydrogen-bond acceptors (Lipinski definition) is 2. The van der Waals surface area contributed by atoms with E-state index in [1.54, 1.807) is 0 Å². The summed E-state index contributed by atoms with van der Waals surface area (Å²) in [6.07, 6.45) is 5.64. The first-order chi connectivity index (χ1) is 7.22. The first kappa shape index (κ1) is 11.2. The molecule has 4 heteroatoms. The van der Waals surface area contributed by atoms with E-state index in [4.69, 9.17) is 23.2 Å². The van der Waals surface area contributed by atoms with E-state index >= 15 is 0 Å². The molecule has 0 spiro atoms. The molecule has 2 nitrogen and oxygen atoms in total. The molecule has 1 aromatic rings. The van der Waals surface area contributed by atoms with Crippen LogP contribution in [-0.2, 0) is 6.42 Å². The van der Waals surface area contributed by atoms with Crippen molar-refractivity contribution in [3.8, 4) is 0 Å². The quantitative estimate of drug-likeness (QED) is 0.736. The summed E-state index contributed by atoms with van der Waals surface area (Å²) >= 11 is 12.2. The molecule has 15 heavy (non-hydrogen) atoms. The van der Waals surface area contributed by atoms with Crippen LogP contribution in [0.4, 0.5) is 0 Å². The zero-order chi connectivity index (χ0) is 10.8. The Kier molecular flexibility index (Phi) is 3.47. The van der Waals surface area contributed by atoms with Crippen molar-refractivity contribution in [2.75, 3.05) is 0 Å². The van der Waals surface area contributed by atoms with E-state index in [2.05, 4.69) is 9.97 Å². The van der Waals surface area contributed by atoms with Crippen molar-refractivity contribution in [2.24, 2.45) is 0 Å². The Hall–Kier alpha value is -0.340. The second kappa shape index (κ2) is 4.67. The lowest BCUT2D eigenvalue weighted by molar-refractivity contribution is 0.665. The largest absolute Gasteiger partial charge is 0.221 e. The van der Waals surface area contributed by atoms with Crippen LogP contribution in [0.3, 0.4) is 0 Å². The maximum atomic E-state index is 6.08. The number of nitrogens with zero attached hydrogens (tertiary/aromatic N) is 2. The van der Waals surface area contributed by atoms with E-state index in [1.165, 1.54) is 12.8 Å². The molecular weight excluding hydrogens is 231 g/mol. The highest BCUT2D eigenvalue weighted by Crippen LogP contribution is 2.34. The van der Waals surface area contributed by atoms with Gasteiger partial charge in [-0.1, -0.05) is 43.0 Å². The molecule has 0 aromatic carbocycles. The van der Waals surface area contributed by atoms with E-state index < -0.39 is 0 Å². The number of rotatable bonds is 2. The highest BCUT2D eigenvalue weighted by atomic mass is 35.5. The molecule has 1 aromatic heterocycles. The molecule has 2 rings (SSSR count). The van der Waals surface area contributed by atoms with Gasteiger partial charge in [-0.05, 0) is 19.3 Å². The highest BCUT2D eigenvalue weighted by Gasteiger charge is 2.21. The van der Waals surface area contributed by atoms with Crippen LogP contribution in [0.25, 0.3) is 0 Å². The molecule has 0 atom stereocenters. The predicted octanol–water partition coefficient (Wildman–Crippen LogP) is 4.00. The normalized spacial score (nSPS) is 17.3. The van der Waals surface area contributed by atoms with Crippen LogP contribution in [-0.4, -0.2) is 9.97 Å². The summed E-state index contributed by atoms with van der Waals surface area (Å²) in [6.45, 7) is 2.01. The SMILES string of the molecule is CCc1c(Cl)nc(C2CCCC2)nc1Cl. The molecular formula is C11H14Cl2N2. The second-order valence-electron chi connectivity index (χ2n) is 3.98. The maximum absolute atomic E-state index is 6.08. The highest BCUT2D eigenvalue weighted by molar-refractivity contribution is 6.34. The van der Waals surface area contributed by atoms with Gasteiger partial charge < -0.3 is 0 Å². The van der Waals surface area contributed by atoms with Gasteiger partial charge in [-0.25, -0.2) is 9.97 Å². The third kappa shape index (κ3) is 2.26. The third-order valence-corrected chi connectivity index (χ3v) is 3.62. The first-order valence-corrected chi connectivity index (χ1v) is 6.19. The fourth-order valence-electron chi connectivity index (χ4n) is 2.10. The van der Waals surface area contributed by atoms with Crippen molar-refractivity contribution in [1.82, 2.24) is 9.97 Å². The minimum atomic E-state index is 0.464. The lowest BCUT2D eigenvalue weighted by Crippen LogP contribution is -2.03. The number of halogens is 2. The molecule has 1 aliphatic carbocycles. The molecule has 0 saturated heterocycles. The average Bonchev–Trinajstić information content (AvgIpc) is 2.69. The van der Waals surface area contributed by atoms with Gasteiger partial charge in [-0.15, -0.1) is 0 Å². The van der Waals surface area contributed by atoms with Crippen LogP contribution in [0.2, 0.25) is 10.3 Å². The lowest BCUT2D eigenvalue weighted by Gasteiger charge is -2.10. The van der Waals surface area contributed by atoms with Gasteiger partial charge in [-0.2, -0.15) is 0 Å². The molecule has 0 radical (unpaired) electrons. The van der Waals surface area contributed by atoms with Gasteiger partial charge in [0.2, 0.25) is 0 Å². The molecule has 0 amide bonds. The molecule has 0 bridgehead atoms. The summed E-state index contributed by atoms with van der Waals surface area (Å²) in [5.41, 5.74) is 0.861. The van der Waals surface area contributed by atoms with Crippen LogP contribution < -0.4 is 0 Å². The monoisotopic (exact) mass is 244 g/mol. The smallest absolute Gasteiger partial charge is 0.137 e. The Morgan fingerprint density at radius 1 is 1.13 bits per heavy atom. The van der Waals surface area contributed by atoms with Gasteiger partial charge in [0.1, 0.15) is 16.1 Å². The van der Waals surface area contributed by atoms with Crippen molar-refractivity contribution >= 4 is 23.2 Å². The number of aromatic nitrogens is 2. The number of hydrogen-bond donors (Lipinski definition) is 0. The van der Waals surface area contributed by atoms with Gasteiger partial charge in [0.15, 0.2) is 0 Å². The summed E-state index contributed by atoms with van der Waals surface area (Å²) < 4.78 is 0. The third-order valence-electron chi connectivity index (χ3n) is 3.00. The molecule has 1 fully saturated rings. The van der Waals surface area contributed by atoms with Crippen LogP contribution in [0, 0.1) is 0 Å². The fraction of sp³-hybridized carbons (Fsp3) is 0.636. The standard InChI is InChI=1S/C11H14Cl2N2/c1-2-8-9(12)14-11(15-10(8)13)7-5-3-4-6-7/h7H,2-6H2,1H3. The molecule has 1 saturated carbocycles. The molecule has 1 heterocycles. The minimum absolute atomic E-state index is 0.464. The van der Waals surface area contributed by atoms with Crippen molar-refractivity contribution < 1.29 is 0 Å². The van der Waals surface area contributed by atoms with Gasteiger partial charge in [0.25, 0.3) is 0 Å². The Balaban J connectivity index is 2.33. The Morgan fingerprint density at radius 3 is 2.13 bits per heavy atom. The second-order valence-corrected chi connectivity index (χ2v) is 4.69. The Morgan fingerprint density at radius 2 is 1.67 bits per heavy atom. The van der Waals surface area contributed by atoms with E-state index in [1.807, 2.05) is 6.92 Å². The summed E-state index contributed by atoms with van der Waals surface area (Å²) in [4.78, 5) is 8.71. The maximum Gasteiger partial charge on any atom is 0.137 e. The van der Waals surface area contributed by atoms with Crippen molar-refractivity contribution in [3.05, 3.63) is 21.7 Å². The summed E-state index contributed by atoms with van der Waals surface area (Å²) in [7, 11) is 0. The van der Waals surface area contributed by atoms with Gasteiger partial charge in [-0.3, -0.25) is 0 Å². The van der Waals surface area contributed by atoms with Crippen molar-refractivity contribution in [1.29, 1.82) is 0 Å². The molecule has 0 aliphatic heterocycles. The fourth-order valence-corrected chi connectivity index (χ4v) is 2.77. The molecule has 82 valence electrons. The summed E-state index contributed by atoms with van der Waals surface area (Å²) in [6, 6.07) is 0. The first-order valence-electron chi connectivity index (χ1n) is 5.44. The van der Waals surface area contributed by atoms with Crippen LogP contribution in [0.1, 0.15) is 49.9 Å². The average molecular weight is 245 g/mol.